The Bertz CT molecular complexity index is 217. The summed E-state index contributed by atoms with van der Waals surface area (Å²) in [6, 6.07) is 0. The van der Waals surface area contributed by atoms with E-state index in [0.29, 0.717) is 0 Å². The van der Waals surface area contributed by atoms with Crippen LogP contribution in [0.15, 0.2) is 0 Å². The first kappa shape index (κ1) is 11.0. The van der Waals surface area contributed by atoms with Gasteiger partial charge in [0.15, 0.2) is 0 Å². The topological polar surface area (TPSA) is 15.7 Å². The lowest BCUT2D eigenvalue weighted by Gasteiger charge is -2.36. The van der Waals surface area contributed by atoms with E-state index in [-0.39, 0.29) is 0 Å². The van der Waals surface area contributed by atoms with E-state index in [9.17, 15) is 0 Å². The van der Waals surface area contributed by atoms with Gasteiger partial charge in [-0.05, 0) is 37.5 Å². The first-order chi connectivity index (χ1) is 6.77. The third-order valence-electron chi connectivity index (χ3n) is 3.12. The van der Waals surface area contributed by atoms with Gasteiger partial charge in [-0.15, -0.1) is 0 Å². The molecule has 2 rings (SSSR count). The first-order valence-electron chi connectivity index (χ1n) is 5.44. The number of nitrogens with zero attached hydrogens (tertiary/aromatic N) is 2. The van der Waals surface area contributed by atoms with Crippen molar-refractivity contribution in [2.24, 2.45) is 0 Å². The maximum absolute atomic E-state index is 5.76. The van der Waals surface area contributed by atoms with Crippen LogP contribution in [0.25, 0.3) is 0 Å². The van der Waals surface area contributed by atoms with Crippen molar-refractivity contribution in [3.63, 3.8) is 0 Å². The third-order valence-corrected chi connectivity index (χ3v) is 7.66. The maximum Gasteiger partial charge on any atom is 0.203 e. The smallest absolute Gasteiger partial charge is 0.203 e. The quantitative estimate of drug-likeness (QED) is 0.694. The van der Waals surface area contributed by atoms with Crippen molar-refractivity contribution in [1.82, 2.24) is 9.34 Å². The fourth-order valence-electron chi connectivity index (χ4n) is 2.32. The van der Waals surface area contributed by atoms with Crippen molar-refractivity contribution in [2.45, 2.75) is 25.7 Å². The predicted molar refractivity (Wildman–Crippen MR) is 62.9 cm³/mol. The summed E-state index contributed by atoms with van der Waals surface area (Å²) in [5, 5.41) is 0. The molecule has 0 aromatic rings. The lowest BCUT2D eigenvalue weighted by atomic mass is 10.4. The molecule has 14 heavy (non-hydrogen) atoms. The molecule has 0 aromatic heterocycles. The van der Waals surface area contributed by atoms with Gasteiger partial charge >= 0.3 is 0 Å². The van der Waals surface area contributed by atoms with Crippen LogP contribution in [0.3, 0.4) is 0 Å². The molecule has 0 saturated carbocycles. The van der Waals surface area contributed by atoms with Crippen molar-refractivity contribution >= 4 is 18.4 Å². The van der Waals surface area contributed by atoms with Gasteiger partial charge in [-0.3, -0.25) is 0 Å². The summed E-state index contributed by atoms with van der Waals surface area (Å²) in [7, 11) is 1.79. The predicted octanol–water partition coefficient (Wildman–Crippen LogP) is 2.05. The second kappa shape index (κ2) is 4.58. The molecule has 0 aromatic carbocycles. The molecule has 2 saturated heterocycles. The molecule has 0 bridgehead atoms. The standard InChI is InChI=1S/C9H19N2OPS/c1-12-13(14,10-6-2-3-7-10)11-8-4-5-9-11/h2-9H2,1H3. The first-order valence-corrected chi connectivity index (χ1v) is 8.06. The number of hydrogen-bond donors (Lipinski definition) is 0. The molecule has 2 heterocycles. The average molecular weight is 234 g/mol. The molecular formula is C9H19N2OPS. The SMILES string of the molecule is COP(=S)(N1CCCC1)N1CCCC1. The third kappa shape index (κ3) is 1.91. The Labute approximate surface area is 91.6 Å². The summed E-state index contributed by atoms with van der Waals surface area (Å²) in [5.74, 6) is 0. The summed E-state index contributed by atoms with van der Waals surface area (Å²) < 4.78 is 10.5. The molecule has 0 aliphatic carbocycles. The molecular weight excluding hydrogens is 215 g/mol. The van der Waals surface area contributed by atoms with Crippen LogP contribution in [-0.2, 0) is 16.3 Å². The van der Waals surface area contributed by atoms with Crippen LogP contribution in [0.1, 0.15) is 25.7 Å². The summed E-state index contributed by atoms with van der Waals surface area (Å²) in [4.78, 5) is 0. The molecule has 0 atom stereocenters. The van der Waals surface area contributed by atoms with Gasteiger partial charge in [0.2, 0.25) is 6.57 Å². The van der Waals surface area contributed by atoms with Crippen LogP contribution in [0.5, 0.6) is 0 Å². The van der Waals surface area contributed by atoms with E-state index in [1.54, 1.807) is 7.11 Å². The second-order valence-electron chi connectivity index (χ2n) is 3.99. The Morgan fingerprint density at radius 3 is 1.57 bits per heavy atom. The highest BCUT2D eigenvalue weighted by atomic mass is 32.5. The minimum Gasteiger partial charge on any atom is -0.330 e. The van der Waals surface area contributed by atoms with Crippen molar-refractivity contribution in [3.8, 4) is 0 Å². The van der Waals surface area contributed by atoms with Crippen molar-refractivity contribution in [3.05, 3.63) is 0 Å². The van der Waals surface area contributed by atoms with Gasteiger partial charge in [0, 0.05) is 33.3 Å². The molecule has 82 valence electrons. The Hall–Kier alpha value is 0.530. The van der Waals surface area contributed by atoms with Gasteiger partial charge in [-0.25, -0.2) is 9.34 Å². The van der Waals surface area contributed by atoms with Gasteiger partial charge in [0.1, 0.15) is 0 Å². The van der Waals surface area contributed by atoms with E-state index in [0.717, 1.165) is 26.2 Å². The normalized spacial score (nSPS) is 26.1. The molecule has 2 aliphatic heterocycles. The molecule has 3 nitrogen and oxygen atoms in total. The molecule has 2 fully saturated rings. The van der Waals surface area contributed by atoms with E-state index in [1.165, 1.54) is 25.7 Å². The second-order valence-corrected chi connectivity index (χ2v) is 7.90. The minimum atomic E-state index is -1.80. The fraction of sp³-hybridized carbons (Fsp3) is 1.00. The van der Waals surface area contributed by atoms with Crippen molar-refractivity contribution in [2.75, 3.05) is 33.3 Å². The van der Waals surface area contributed by atoms with Gasteiger partial charge in [0.05, 0.1) is 0 Å². The van der Waals surface area contributed by atoms with Gasteiger partial charge in [-0.2, -0.15) is 0 Å². The molecule has 2 aliphatic rings. The number of hydrogen-bond acceptors (Lipinski definition) is 2. The monoisotopic (exact) mass is 234 g/mol. The summed E-state index contributed by atoms with van der Waals surface area (Å²) >= 11 is 5.76. The van der Waals surface area contributed by atoms with Gasteiger partial charge < -0.3 is 4.52 Å². The van der Waals surface area contributed by atoms with Gasteiger partial charge in [0.25, 0.3) is 0 Å². The Kier molecular flexibility index (Phi) is 3.61. The van der Waals surface area contributed by atoms with Crippen LogP contribution in [0.4, 0.5) is 0 Å². The molecule has 0 radical (unpaired) electrons. The molecule has 0 unspecified atom stereocenters. The molecule has 5 heteroatoms. The summed E-state index contributed by atoms with van der Waals surface area (Å²) in [5.41, 5.74) is 0. The highest BCUT2D eigenvalue weighted by Gasteiger charge is 2.35. The van der Waals surface area contributed by atoms with Crippen LogP contribution in [0, 0.1) is 0 Å². The molecule has 0 amide bonds. The minimum absolute atomic E-state index is 1.14. The largest absolute Gasteiger partial charge is 0.330 e. The maximum atomic E-state index is 5.76. The van der Waals surface area contributed by atoms with E-state index in [1.807, 2.05) is 0 Å². The van der Waals surface area contributed by atoms with Crippen molar-refractivity contribution in [1.29, 1.82) is 0 Å². The highest BCUT2D eigenvalue weighted by molar-refractivity contribution is 8.09. The summed E-state index contributed by atoms with van der Waals surface area (Å²) in [6.07, 6.45) is 5.15. The zero-order valence-corrected chi connectivity index (χ0v) is 10.5. The lowest BCUT2D eigenvalue weighted by molar-refractivity contribution is 0.332. The Balaban J connectivity index is 2.10. The Morgan fingerprint density at radius 2 is 1.29 bits per heavy atom. The number of rotatable bonds is 3. The lowest BCUT2D eigenvalue weighted by Crippen LogP contribution is -2.28. The molecule has 0 N–H and O–H groups in total. The Morgan fingerprint density at radius 1 is 0.929 bits per heavy atom. The van der Waals surface area contributed by atoms with Crippen molar-refractivity contribution < 1.29 is 4.52 Å². The highest BCUT2D eigenvalue weighted by Crippen LogP contribution is 2.56. The summed E-state index contributed by atoms with van der Waals surface area (Å²) in [6.45, 7) is 2.77. The molecule has 0 spiro atoms. The zero-order valence-electron chi connectivity index (χ0n) is 8.81. The van der Waals surface area contributed by atoms with Crippen LogP contribution >= 0.6 is 6.57 Å². The van der Waals surface area contributed by atoms with E-state index < -0.39 is 6.57 Å². The van der Waals surface area contributed by atoms with E-state index >= 15 is 0 Å². The fourth-order valence-corrected chi connectivity index (χ4v) is 5.69. The van der Waals surface area contributed by atoms with Crippen LogP contribution < -0.4 is 0 Å². The van der Waals surface area contributed by atoms with E-state index in [2.05, 4.69) is 9.34 Å². The average Bonchev–Trinajstić information content (AvgIpc) is 2.88. The van der Waals surface area contributed by atoms with Gasteiger partial charge in [-0.1, -0.05) is 0 Å². The van der Waals surface area contributed by atoms with Crippen LogP contribution in [0.2, 0.25) is 0 Å². The zero-order chi connectivity index (χ0) is 10.0. The van der Waals surface area contributed by atoms with E-state index in [4.69, 9.17) is 16.3 Å². The van der Waals surface area contributed by atoms with Crippen LogP contribution in [-0.4, -0.2) is 42.6 Å².